The number of sulfonamides is 1. The highest BCUT2D eigenvalue weighted by Crippen LogP contribution is 2.34. The molecular formula is C21H24N6O3S. The number of benzene rings is 1. The number of fused-ring (bicyclic) bond motifs is 1. The summed E-state index contributed by atoms with van der Waals surface area (Å²) in [6.45, 7) is 5.66. The van der Waals surface area contributed by atoms with E-state index in [0.717, 1.165) is 6.26 Å². The molecule has 1 aromatic heterocycles. The minimum Gasteiger partial charge on any atom is -0.327 e. The third kappa shape index (κ3) is 4.75. The van der Waals surface area contributed by atoms with E-state index in [4.69, 9.17) is 0 Å². The Bertz CT molecular complexity index is 1190. The van der Waals surface area contributed by atoms with Gasteiger partial charge in [-0.05, 0) is 37.3 Å². The highest BCUT2D eigenvalue weighted by atomic mass is 32.2. The molecule has 0 aliphatic carbocycles. The van der Waals surface area contributed by atoms with E-state index in [9.17, 15) is 13.2 Å². The molecule has 0 atom stereocenters. The summed E-state index contributed by atoms with van der Waals surface area (Å²) in [5.74, 6) is 0.679. The molecule has 10 heteroatoms. The van der Waals surface area contributed by atoms with E-state index in [1.807, 2.05) is 31.0 Å². The van der Waals surface area contributed by atoms with E-state index in [0.29, 0.717) is 40.1 Å². The first-order chi connectivity index (χ1) is 14.6. The van der Waals surface area contributed by atoms with Gasteiger partial charge in [0.05, 0.1) is 23.7 Å². The highest BCUT2D eigenvalue weighted by molar-refractivity contribution is 7.92. The van der Waals surface area contributed by atoms with E-state index in [1.54, 1.807) is 37.5 Å². The summed E-state index contributed by atoms with van der Waals surface area (Å²) in [6.07, 6.45) is 7.89. The topological polar surface area (TPSA) is 108 Å². The van der Waals surface area contributed by atoms with Crippen LogP contribution in [0.4, 0.5) is 28.8 Å². The first-order valence-corrected chi connectivity index (χ1v) is 11.3. The van der Waals surface area contributed by atoms with Gasteiger partial charge in [0.15, 0.2) is 5.82 Å². The van der Waals surface area contributed by atoms with Crippen LogP contribution < -0.4 is 19.8 Å². The minimum atomic E-state index is -3.34. The second-order valence-corrected chi connectivity index (χ2v) is 8.65. The zero-order chi connectivity index (χ0) is 22.8. The van der Waals surface area contributed by atoms with Crippen molar-refractivity contribution < 1.29 is 13.2 Å². The van der Waals surface area contributed by atoms with Crippen LogP contribution >= 0.6 is 0 Å². The van der Waals surface area contributed by atoms with E-state index < -0.39 is 10.0 Å². The van der Waals surface area contributed by atoms with Crippen molar-refractivity contribution in [1.29, 1.82) is 0 Å². The standard InChI is InChI=1S/C21H24N6O3S/c1-6-8-17-16(7-2)20(28)27(4)18-13-22-21(24-19(18)26(17)3)23-14-9-11-15(12-10-14)25-31(5,29)30/h6-13,25H,2H2,1,3-5H3,(H,22,23,24)/b8-6-. The van der Waals surface area contributed by atoms with E-state index in [2.05, 4.69) is 26.6 Å². The average molecular weight is 441 g/mol. The number of carbonyl (C=O) groups is 1. The van der Waals surface area contributed by atoms with Gasteiger partial charge in [-0.3, -0.25) is 9.52 Å². The number of hydrogen-bond acceptors (Lipinski definition) is 7. The van der Waals surface area contributed by atoms with Crippen molar-refractivity contribution in [3.05, 3.63) is 66.5 Å². The second kappa shape index (κ2) is 8.60. The molecule has 0 saturated carbocycles. The van der Waals surface area contributed by atoms with Gasteiger partial charge >= 0.3 is 0 Å². The van der Waals surface area contributed by atoms with Crippen LogP contribution in [-0.4, -0.2) is 44.6 Å². The Kier molecular flexibility index (Phi) is 6.11. The number of allylic oxidation sites excluding steroid dienone is 2. The van der Waals surface area contributed by atoms with Crippen LogP contribution in [0.5, 0.6) is 0 Å². The Morgan fingerprint density at radius 3 is 2.32 bits per heavy atom. The van der Waals surface area contributed by atoms with Gasteiger partial charge in [-0.25, -0.2) is 13.4 Å². The number of aromatic nitrogens is 2. The van der Waals surface area contributed by atoms with Crippen molar-refractivity contribution in [3.63, 3.8) is 0 Å². The van der Waals surface area contributed by atoms with Gasteiger partial charge in [0.25, 0.3) is 5.91 Å². The molecule has 31 heavy (non-hydrogen) atoms. The normalized spacial score (nSPS) is 14.5. The smallest absolute Gasteiger partial charge is 0.260 e. The summed E-state index contributed by atoms with van der Waals surface area (Å²) in [4.78, 5) is 25.2. The molecule has 162 valence electrons. The lowest BCUT2D eigenvalue weighted by molar-refractivity contribution is -0.114. The van der Waals surface area contributed by atoms with Crippen molar-refractivity contribution in [2.24, 2.45) is 0 Å². The number of amides is 1. The molecule has 3 rings (SSSR count). The molecule has 0 radical (unpaired) electrons. The van der Waals surface area contributed by atoms with E-state index >= 15 is 0 Å². The summed E-state index contributed by atoms with van der Waals surface area (Å²) < 4.78 is 25.1. The maximum absolute atomic E-state index is 12.9. The van der Waals surface area contributed by atoms with Crippen LogP contribution in [0.2, 0.25) is 0 Å². The Balaban J connectivity index is 1.96. The summed E-state index contributed by atoms with van der Waals surface area (Å²) in [5, 5.41) is 3.10. The molecule has 0 bridgehead atoms. The van der Waals surface area contributed by atoms with Crippen molar-refractivity contribution in [1.82, 2.24) is 9.97 Å². The van der Waals surface area contributed by atoms with Gasteiger partial charge in [0.1, 0.15) is 5.69 Å². The first kappa shape index (κ1) is 22.0. The summed E-state index contributed by atoms with van der Waals surface area (Å²) in [5.41, 5.74) is 2.83. The molecule has 0 unspecified atom stereocenters. The fourth-order valence-corrected chi connectivity index (χ4v) is 3.68. The van der Waals surface area contributed by atoms with Crippen LogP contribution in [-0.2, 0) is 14.8 Å². The summed E-state index contributed by atoms with van der Waals surface area (Å²) >= 11 is 0. The molecule has 1 aromatic carbocycles. The van der Waals surface area contributed by atoms with E-state index in [1.165, 1.54) is 11.0 Å². The third-order valence-corrected chi connectivity index (χ3v) is 5.18. The Labute approximate surface area is 181 Å². The molecule has 0 saturated heterocycles. The number of nitrogens with one attached hydrogen (secondary N) is 2. The summed E-state index contributed by atoms with van der Waals surface area (Å²) in [6, 6.07) is 6.69. The Morgan fingerprint density at radius 1 is 1.10 bits per heavy atom. The van der Waals surface area contributed by atoms with Crippen LogP contribution in [0.25, 0.3) is 0 Å². The monoisotopic (exact) mass is 440 g/mol. The highest BCUT2D eigenvalue weighted by Gasteiger charge is 2.29. The molecule has 1 amide bonds. The number of anilines is 5. The number of rotatable bonds is 6. The van der Waals surface area contributed by atoms with Gasteiger partial charge < -0.3 is 15.1 Å². The maximum atomic E-state index is 12.9. The lowest BCUT2D eigenvalue weighted by Crippen LogP contribution is -2.27. The molecule has 0 fully saturated rings. The zero-order valence-corrected chi connectivity index (χ0v) is 18.6. The fourth-order valence-electron chi connectivity index (χ4n) is 3.12. The van der Waals surface area contributed by atoms with Crippen molar-refractivity contribution >= 4 is 44.8 Å². The predicted octanol–water partition coefficient (Wildman–Crippen LogP) is 3.02. The minimum absolute atomic E-state index is 0.202. The number of likely N-dealkylation sites (N-methyl/N-ethyl adjacent to an activating group) is 2. The van der Waals surface area contributed by atoms with Crippen molar-refractivity contribution in [3.8, 4) is 0 Å². The average Bonchev–Trinajstić information content (AvgIpc) is 2.79. The number of nitrogens with zero attached hydrogens (tertiary/aromatic N) is 4. The van der Waals surface area contributed by atoms with Gasteiger partial charge in [0, 0.05) is 25.5 Å². The van der Waals surface area contributed by atoms with Crippen molar-refractivity contribution in [2.45, 2.75) is 6.92 Å². The molecular weight excluding hydrogens is 416 g/mol. The van der Waals surface area contributed by atoms with Gasteiger partial charge in [0.2, 0.25) is 16.0 Å². The largest absolute Gasteiger partial charge is 0.327 e. The van der Waals surface area contributed by atoms with Gasteiger partial charge in [-0.1, -0.05) is 18.7 Å². The first-order valence-electron chi connectivity index (χ1n) is 9.37. The molecule has 2 heterocycles. The van der Waals surface area contributed by atoms with Crippen LogP contribution in [0.3, 0.4) is 0 Å². The molecule has 9 nitrogen and oxygen atoms in total. The van der Waals surface area contributed by atoms with Crippen molar-refractivity contribution in [2.75, 3.05) is 40.2 Å². The third-order valence-electron chi connectivity index (χ3n) is 4.57. The molecule has 0 spiro atoms. The molecule has 1 aliphatic rings. The second-order valence-electron chi connectivity index (χ2n) is 6.91. The van der Waals surface area contributed by atoms with E-state index in [-0.39, 0.29) is 5.91 Å². The van der Waals surface area contributed by atoms with Gasteiger partial charge in [-0.2, -0.15) is 4.98 Å². The predicted molar refractivity (Wildman–Crippen MR) is 124 cm³/mol. The lowest BCUT2D eigenvalue weighted by atomic mass is 10.1. The van der Waals surface area contributed by atoms with Crippen LogP contribution in [0.15, 0.2) is 66.5 Å². The molecule has 2 N–H and O–H groups in total. The zero-order valence-electron chi connectivity index (χ0n) is 17.7. The fraction of sp³-hybridized carbons (Fsp3) is 0.190. The molecule has 2 aromatic rings. The lowest BCUT2D eigenvalue weighted by Gasteiger charge is -2.22. The molecule has 1 aliphatic heterocycles. The van der Waals surface area contributed by atoms with Crippen LogP contribution in [0.1, 0.15) is 6.92 Å². The summed E-state index contributed by atoms with van der Waals surface area (Å²) in [7, 11) is 0.149. The quantitative estimate of drug-likeness (QED) is 0.711. The number of hydrogen-bond donors (Lipinski definition) is 2. The Hall–Kier alpha value is -3.66. The Morgan fingerprint density at radius 2 is 1.74 bits per heavy atom. The van der Waals surface area contributed by atoms with Crippen LogP contribution in [0, 0.1) is 0 Å². The SMILES string of the molecule is C=CC1=C(/C=C\C)N(C)c2nc(Nc3ccc(NS(C)(=O)=O)cc3)ncc2N(C)C1=O. The maximum Gasteiger partial charge on any atom is 0.260 e. The number of carbonyl (C=O) groups excluding carboxylic acids is 1. The van der Waals surface area contributed by atoms with Gasteiger partial charge in [-0.15, -0.1) is 0 Å².